The fraction of sp³-hybridized carbons (Fsp3) is 0.462. The van der Waals surface area contributed by atoms with Gasteiger partial charge in [0.2, 0.25) is 10.0 Å². The third-order valence-electron chi connectivity index (χ3n) is 2.54. The molecule has 7 nitrogen and oxygen atoms in total. The van der Waals surface area contributed by atoms with Crippen molar-refractivity contribution in [2.75, 3.05) is 30.7 Å². The Kier molecular flexibility index (Phi) is 6.97. The quantitative estimate of drug-likeness (QED) is 0.650. The third-order valence-corrected chi connectivity index (χ3v) is 3.91. The van der Waals surface area contributed by atoms with Crippen LogP contribution in [0, 0.1) is 0 Å². The van der Waals surface area contributed by atoms with Crippen molar-refractivity contribution in [2.45, 2.75) is 12.8 Å². The van der Waals surface area contributed by atoms with Gasteiger partial charge in [0.1, 0.15) is 12.4 Å². The van der Waals surface area contributed by atoms with Gasteiger partial charge in [-0.1, -0.05) is 0 Å². The van der Waals surface area contributed by atoms with Crippen LogP contribution in [0.5, 0.6) is 5.75 Å². The van der Waals surface area contributed by atoms with Gasteiger partial charge in [0.05, 0.1) is 12.9 Å². The molecule has 0 aromatic heterocycles. The Labute approximate surface area is 124 Å². The van der Waals surface area contributed by atoms with E-state index in [-0.39, 0.29) is 18.6 Å². The van der Waals surface area contributed by atoms with Crippen molar-refractivity contribution in [1.29, 1.82) is 0 Å². The SMILES string of the molecule is COC(=O)CCCS(=O)(=O)Nc1ccc(OCCN)cc1. The number of methoxy groups -OCH3 is 1. The van der Waals surface area contributed by atoms with Gasteiger partial charge in [-0.05, 0) is 30.7 Å². The number of carbonyl (C=O) groups is 1. The highest BCUT2D eigenvalue weighted by molar-refractivity contribution is 7.92. The number of carbonyl (C=O) groups excluding carboxylic acids is 1. The van der Waals surface area contributed by atoms with Crippen LogP contribution in [0.15, 0.2) is 24.3 Å². The summed E-state index contributed by atoms with van der Waals surface area (Å²) in [5, 5.41) is 0. The Morgan fingerprint density at radius 3 is 2.52 bits per heavy atom. The molecule has 0 aliphatic carbocycles. The maximum Gasteiger partial charge on any atom is 0.305 e. The Hall–Kier alpha value is -1.80. The summed E-state index contributed by atoms with van der Waals surface area (Å²) in [7, 11) is -2.22. The summed E-state index contributed by atoms with van der Waals surface area (Å²) in [6, 6.07) is 6.51. The fourth-order valence-corrected chi connectivity index (χ4v) is 2.66. The van der Waals surface area contributed by atoms with Gasteiger partial charge in [-0.25, -0.2) is 8.42 Å². The van der Waals surface area contributed by atoms with Crippen molar-refractivity contribution in [3.05, 3.63) is 24.3 Å². The maximum atomic E-state index is 11.8. The van der Waals surface area contributed by atoms with E-state index < -0.39 is 16.0 Å². The first-order valence-electron chi connectivity index (χ1n) is 6.47. The first-order chi connectivity index (χ1) is 9.96. The molecule has 0 spiro atoms. The van der Waals surface area contributed by atoms with E-state index in [1.807, 2.05) is 0 Å². The zero-order valence-electron chi connectivity index (χ0n) is 11.9. The molecule has 118 valence electrons. The molecule has 0 saturated heterocycles. The van der Waals surface area contributed by atoms with Crippen molar-refractivity contribution in [2.24, 2.45) is 5.73 Å². The molecule has 0 radical (unpaired) electrons. The molecule has 0 saturated carbocycles. The van der Waals surface area contributed by atoms with Crippen molar-refractivity contribution in [3.8, 4) is 5.75 Å². The Balaban J connectivity index is 2.49. The summed E-state index contributed by atoms with van der Waals surface area (Å²) in [6.07, 6.45) is 0.281. The van der Waals surface area contributed by atoms with Gasteiger partial charge in [-0.2, -0.15) is 0 Å². The molecule has 0 fully saturated rings. The van der Waals surface area contributed by atoms with E-state index in [0.29, 0.717) is 24.6 Å². The molecule has 0 unspecified atom stereocenters. The van der Waals surface area contributed by atoms with Crippen molar-refractivity contribution >= 4 is 21.7 Å². The van der Waals surface area contributed by atoms with E-state index in [9.17, 15) is 13.2 Å². The molecule has 8 heteroatoms. The minimum Gasteiger partial charge on any atom is -0.492 e. The van der Waals surface area contributed by atoms with Gasteiger partial charge in [0.25, 0.3) is 0 Å². The number of nitrogens with one attached hydrogen (secondary N) is 1. The molecule has 1 aromatic rings. The van der Waals surface area contributed by atoms with Crippen LogP contribution in [0.2, 0.25) is 0 Å². The molecule has 0 aliphatic heterocycles. The smallest absolute Gasteiger partial charge is 0.305 e. The average molecular weight is 316 g/mol. The molecule has 21 heavy (non-hydrogen) atoms. The van der Waals surface area contributed by atoms with Crippen LogP contribution in [-0.2, 0) is 19.6 Å². The van der Waals surface area contributed by atoms with E-state index in [1.54, 1.807) is 24.3 Å². The summed E-state index contributed by atoms with van der Waals surface area (Å²) in [4.78, 5) is 10.9. The zero-order chi connectivity index (χ0) is 15.7. The van der Waals surface area contributed by atoms with Gasteiger partial charge in [0.15, 0.2) is 0 Å². The summed E-state index contributed by atoms with van der Waals surface area (Å²) in [5.41, 5.74) is 5.76. The summed E-state index contributed by atoms with van der Waals surface area (Å²) < 4.78 is 35.8. The second-order valence-electron chi connectivity index (χ2n) is 4.26. The Bertz CT molecular complexity index is 542. The number of anilines is 1. The largest absolute Gasteiger partial charge is 0.492 e. The van der Waals surface area contributed by atoms with Crippen molar-refractivity contribution in [3.63, 3.8) is 0 Å². The molecule has 1 rings (SSSR count). The van der Waals surface area contributed by atoms with Gasteiger partial charge in [-0.3, -0.25) is 9.52 Å². The minimum absolute atomic E-state index is 0.0727. The number of esters is 1. The normalized spacial score (nSPS) is 11.0. The highest BCUT2D eigenvalue weighted by atomic mass is 32.2. The Morgan fingerprint density at radius 2 is 1.95 bits per heavy atom. The van der Waals surface area contributed by atoms with Gasteiger partial charge in [-0.15, -0.1) is 0 Å². The number of sulfonamides is 1. The van der Waals surface area contributed by atoms with E-state index in [4.69, 9.17) is 10.5 Å². The lowest BCUT2D eigenvalue weighted by molar-refractivity contribution is -0.140. The summed E-state index contributed by atoms with van der Waals surface area (Å²) >= 11 is 0. The zero-order valence-corrected chi connectivity index (χ0v) is 12.7. The first kappa shape index (κ1) is 17.3. The molecule has 0 aliphatic rings. The Morgan fingerprint density at radius 1 is 1.29 bits per heavy atom. The van der Waals surface area contributed by atoms with Crippen molar-refractivity contribution < 1.29 is 22.7 Å². The molecule has 0 bridgehead atoms. The topological polar surface area (TPSA) is 108 Å². The molecule has 0 heterocycles. The standard InChI is InChI=1S/C13H20N2O5S/c1-19-13(16)3-2-10-21(17,18)15-11-4-6-12(7-5-11)20-9-8-14/h4-7,15H,2-3,8-10,14H2,1H3. The lowest BCUT2D eigenvalue weighted by Gasteiger charge is -2.09. The lowest BCUT2D eigenvalue weighted by Crippen LogP contribution is -2.17. The fourth-order valence-electron chi connectivity index (χ4n) is 1.54. The van der Waals surface area contributed by atoms with Gasteiger partial charge < -0.3 is 15.2 Å². The molecule has 3 N–H and O–H groups in total. The predicted octanol–water partition coefficient (Wildman–Crippen LogP) is 0.719. The number of hydrogen-bond donors (Lipinski definition) is 2. The van der Waals surface area contributed by atoms with Gasteiger partial charge in [0, 0.05) is 18.7 Å². The van der Waals surface area contributed by atoms with Crippen LogP contribution in [0.1, 0.15) is 12.8 Å². The van der Waals surface area contributed by atoms with Crippen LogP contribution in [0.4, 0.5) is 5.69 Å². The highest BCUT2D eigenvalue weighted by Crippen LogP contribution is 2.17. The second kappa shape index (κ2) is 8.48. The summed E-state index contributed by atoms with van der Waals surface area (Å²) in [5.74, 6) is 0.0498. The molecular weight excluding hydrogens is 296 g/mol. The third kappa shape index (κ3) is 6.96. The van der Waals surface area contributed by atoms with Gasteiger partial charge >= 0.3 is 5.97 Å². The van der Waals surface area contributed by atoms with E-state index in [2.05, 4.69) is 9.46 Å². The predicted molar refractivity (Wildman–Crippen MR) is 79.7 cm³/mol. The molecule has 1 aromatic carbocycles. The highest BCUT2D eigenvalue weighted by Gasteiger charge is 2.12. The van der Waals surface area contributed by atoms with E-state index in [1.165, 1.54) is 7.11 Å². The molecule has 0 atom stereocenters. The van der Waals surface area contributed by atoms with E-state index in [0.717, 1.165) is 0 Å². The number of benzene rings is 1. The molecular formula is C13H20N2O5S. The summed E-state index contributed by atoms with van der Waals surface area (Å²) in [6.45, 7) is 0.813. The maximum absolute atomic E-state index is 11.8. The van der Waals surface area contributed by atoms with Crippen LogP contribution >= 0.6 is 0 Å². The number of rotatable bonds is 9. The average Bonchev–Trinajstić information content (AvgIpc) is 2.45. The van der Waals surface area contributed by atoms with Crippen LogP contribution in [0.25, 0.3) is 0 Å². The van der Waals surface area contributed by atoms with Crippen LogP contribution < -0.4 is 15.2 Å². The van der Waals surface area contributed by atoms with Crippen molar-refractivity contribution in [1.82, 2.24) is 0 Å². The monoisotopic (exact) mass is 316 g/mol. The lowest BCUT2D eigenvalue weighted by atomic mass is 10.3. The van der Waals surface area contributed by atoms with E-state index >= 15 is 0 Å². The van der Waals surface area contributed by atoms with Crippen LogP contribution in [0.3, 0.4) is 0 Å². The first-order valence-corrected chi connectivity index (χ1v) is 8.12. The van der Waals surface area contributed by atoms with Crippen LogP contribution in [-0.4, -0.2) is 40.4 Å². The number of hydrogen-bond acceptors (Lipinski definition) is 6. The number of ether oxygens (including phenoxy) is 2. The minimum atomic E-state index is -3.49. The second-order valence-corrected chi connectivity index (χ2v) is 6.10. The number of nitrogens with two attached hydrogens (primary N) is 1. The molecule has 0 amide bonds.